The third-order valence-corrected chi connectivity index (χ3v) is 9.14. The first-order valence-corrected chi connectivity index (χ1v) is 13.4. The third-order valence-electron chi connectivity index (χ3n) is 6.15. The first-order chi connectivity index (χ1) is 17.3. The van der Waals surface area contributed by atoms with Gasteiger partial charge < -0.3 is 10.6 Å². The molecule has 3 aromatic rings. The highest BCUT2D eigenvalue weighted by Crippen LogP contribution is 2.34. The molecule has 12 heteroatoms. The Morgan fingerprint density at radius 3 is 2.89 bits per heavy atom. The molecule has 36 heavy (non-hydrogen) atoms. The molecule has 2 aliphatic rings. The monoisotopic (exact) mass is 525 g/mol. The fraction of sp³-hybridized carbons (Fsp3) is 0.250. The number of nitrogens with one attached hydrogen (secondary N) is 2. The van der Waals surface area contributed by atoms with Crippen LogP contribution in [0, 0.1) is 17.1 Å². The van der Waals surface area contributed by atoms with Crippen molar-refractivity contribution in [3.05, 3.63) is 64.4 Å². The lowest BCUT2D eigenvalue weighted by molar-refractivity contribution is -0.120. The maximum atomic E-state index is 14.3. The van der Waals surface area contributed by atoms with Gasteiger partial charge >= 0.3 is 0 Å². The van der Waals surface area contributed by atoms with Gasteiger partial charge in [0.25, 0.3) is 5.91 Å². The van der Waals surface area contributed by atoms with E-state index in [9.17, 15) is 22.4 Å². The second-order valence-corrected chi connectivity index (χ2v) is 11.4. The molecular formula is C24H20FN5O4S2. The van der Waals surface area contributed by atoms with Gasteiger partial charge in [-0.05, 0) is 49.2 Å². The smallest absolute Gasteiger partial charge is 0.251 e. The average molecular weight is 526 g/mol. The summed E-state index contributed by atoms with van der Waals surface area (Å²) in [6.45, 7) is 0.400. The van der Waals surface area contributed by atoms with Crippen molar-refractivity contribution < 1.29 is 22.4 Å². The SMILES string of the molecule is N#Cc1ccc(-c2ncc(CNC(=O)c3ccc4c(c3)NC(=O)[C@H]3CCCCN3S4(=O)=O)s2)c(F)c1. The van der Waals surface area contributed by atoms with E-state index in [1.54, 1.807) is 0 Å². The van der Waals surface area contributed by atoms with Crippen LogP contribution < -0.4 is 10.6 Å². The first-order valence-electron chi connectivity index (χ1n) is 11.2. The second kappa shape index (κ2) is 9.42. The number of benzene rings is 2. The number of nitriles is 1. The van der Waals surface area contributed by atoms with Gasteiger partial charge in [0.15, 0.2) is 0 Å². The van der Waals surface area contributed by atoms with Gasteiger partial charge in [-0.3, -0.25) is 9.59 Å². The van der Waals surface area contributed by atoms with Crippen molar-refractivity contribution in [3.8, 4) is 16.6 Å². The molecule has 1 saturated heterocycles. The van der Waals surface area contributed by atoms with Crippen LogP contribution in [0.1, 0.15) is 40.1 Å². The fourth-order valence-electron chi connectivity index (χ4n) is 4.33. The first kappa shape index (κ1) is 24.1. The summed E-state index contributed by atoms with van der Waals surface area (Å²) >= 11 is 1.20. The minimum atomic E-state index is -3.88. The lowest BCUT2D eigenvalue weighted by atomic mass is 10.0. The van der Waals surface area contributed by atoms with E-state index in [0.717, 1.165) is 12.5 Å². The number of anilines is 1. The summed E-state index contributed by atoms with van der Waals surface area (Å²) < 4.78 is 41.8. The summed E-state index contributed by atoms with van der Waals surface area (Å²) in [5, 5.41) is 14.7. The number of sulfonamides is 1. The molecule has 2 aliphatic heterocycles. The maximum absolute atomic E-state index is 14.3. The van der Waals surface area contributed by atoms with Crippen LogP contribution in [0.25, 0.3) is 10.6 Å². The van der Waals surface area contributed by atoms with Crippen LogP contribution in [0.4, 0.5) is 10.1 Å². The van der Waals surface area contributed by atoms with Gasteiger partial charge in [-0.25, -0.2) is 17.8 Å². The van der Waals surface area contributed by atoms with Crippen LogP contribution in [-0.2, 0) is 21.4 Å². The second-order valence-electron chi connectivity index (χ2n) is 8.45. The molecule has 0 spiro atoms. The van der Waals surface area contributed by atoms with Crippen LogP contribution in [0.3, 0.4) is 0 Å². The van der Waals surface area contributed by atoms with E-state index in [-0.39, 0.29) is 40.4 Å². The zero-order valence-electron chi connectivity index (χ0n) is 18.8. The molecule has 1 atom stereocenters. The molecule has 2 amide bonds. The van der Waals surface area contributed by atoms with Gasteiger partial charge in [-0.15, -0.1) is 11.3 Å². The van der Waals surface area contributed by atoms with Crippen LogP contribution in [0.15, 0.2) is 47.5 Å². The van der Waals surface area contributed by atoms with E-state index in [0.29, 0.717) is 22.7 Å². The van der Waals surface area contributed by atoms with Crippen molar-refractivity contribution in [2.75, 3.05) is 11.9 Å². The molecule has 9 nitrogen and oxygen atoms in total. The van der Waals surface area contributed by atoms with E-state index >= 15 is 0 Å². The number of piperidine rings is 1. The number of nitrogens with zero attached hydrogens (tertiary/aromatic N) is 3. The van der Waals surface area contributed by atoms with Gasteiger partial charge in [-0.2, -0.15) is 9.57 Å². The standard InChI is InChI=1S/C24H20FN5O4S2/c25-18-9-14(11-26)4-6-17(18)24-28-13-16(35-24)12-27-22(31)15-5-7-21-19(10-15)29-23(32)20-3-1-2-8-30(20)36(21,33)34/h4-7,9-10,13,20H,1-3,8,12H2,(H,27,31)(H,29,32)/t20-/m1/s1. The zero-order valence-corrected chi connectivity index (χ0v) is 20.5. The molecule has 3 heterocycles. The molecule has 184 valence electrons. The molecule has 0 saturated carbocycles. The Labute approximate surface area is 210 Å². The number of carbonyl (C=O) groups excluding carboxylic acids is 2. The predicted molar refractivity (Wildman–Crippen MR) is 130 cm³/mol. The molecule has 0 aliphatic carbocycles. The van der Waals surface area contributed by atoms with Crippen molar-refractivity contribution in [1.82, 2.24) is 14.6 Å². The van der Waals surface area contributed by atoms with Crippen LogP contribution in [0.5, 0.6) is 0 Å². The summed E-state index contributed by atoms with van der Waals surface area (Å²) in [7, 11) is -3.88. The predicted octanol–water partition coefficient (Wildman–Crippen LogP) is 3.25. The van der Waals surface area contributed by atoms with E-state index in [1.165, 1.54) is 52.2 Å². The number of hydrogen-bond donors (Lipinski definition) is 2. The van der Waals surface area contributed by atoms with E-state index in [2.05, 4.69) is 15.6 Å². The Morgan fingerprint density at radius 1 is 1.28 bits per heavy atom. The Morgan fingerprint density at radius 2 is 2.11 bits per heavy atom. The third kappa shape index (κ3) is 4.37. The molecule has 1 fully saturated rings. The Bertz CT molecular complexity index is 1530. The van der Waals surface area contributed by atoms with Crippen molar-refractivity contribution in [1.29, 1.82) is 5.26 Å². The summed E-state index contributed by atoms with van der Waals surface area (Å²) in [6.07, 6.45) is 3.44. The number of hydrogen-bond acceptors (Lipinski definition) is 7. The molecule has 1 aromatic heterocycles. The van der Waals surface area contributed by atoms with Crippen molar-refractivity contribution >= 4 is 38.9 Å². The minimum Gasteiger partial charge on any atom is -0.347 e. The summed E-state index contributed by atoms with van der Waals surface area (Å²) in [6, 6.07) is 9.37. The van der Waals surface area contributed by atoms with Gasteiger partial charge in [0.1, 0.15) is 21.8 Å². The van der Waals surface area contributed by atoms with Crippen LogP contribution >= 0.6 is 11.3 Å². The zero-order chi connectivity index (χ0) is 25.4. The number of halogens is 1. The highest BCUT2D eigenvalue weighted by Gasteiger charge is 2.41. The number of amides is 2. The van der Waals surface area contributed by atoms with E-state index in [4.69, 9.17) is 5.26 Å². The highest BCUT2D eigenvalue weighted by molar-refractivity contribution is 7.89. The molecule has 2 aromatic carbocycles. The quantitative estimate of drug-likeness (QED) is 0.537. The molecule has 5 rings (SSSR count). The fourth-order valence-corrected chi connectivity index (χ4v) is 7.00. The largest absolute Gasteiger partial charge is 0.347 e. The Kier molecular flexibility index (Phi) is 6.29. The van der Waals surface area contributed by atoms with Crippen molar-refractivity contribution in [3.63, 3.8) is 0 Å². The number of thiazole rings is 1. The van der Waals surface area contributed by atoms with Crippen molar-refractivity contribution in [2.45, 2.75) is 36.7 Å². The maximum Gasteiger partial charge on any atom is 0.251 e. The number of rotatable bonds is 4. The number of fused-ring (bicyclic) bond motifs is 2. The lowest BCUT2D eigenvalue weighted by Crippen LogP contribution is -2.47. The Hall–Kier alpha value is -3.66. The number of carbonyl (C=O) groups is 2. The van der Waals surface area contributed by atoms with Gasteiger partial charge in [0, 0.05) is 28.7 Å². The summed E-state index contributed by atoms with van der Waals surface area (Å²) in [4.78, 5) is 30.3. The molecule has 0 unspecified atom stereocenters. The van der Waals surface area contributed by atoms with Crippen LogP contribution in [0.2, 0.25) is 0 Å². The highest BCUT2D eigenvalue weighted by atomic mass is 32.2. The van der Waals surface area contributed by atoms with Gasteiger partial charge in [0.2, 0.25) is 15.9 Å². The molecule has 0 bridgehead atoms. The number of aromatic nitrogens is 1. The molecule has 0 radical (unpaired) electrons. The van der Waals surface area contributed by atoms with E-state index in [1.807, 2.05) is 6.07 Å². The molecular weight excluding hydrogens is 505 g/mol. The average Bonchev–Trinajstić information content (AvgIpc) is 3.32. The van der Waals surface area contributed by atoms with Crippen LogP contribution in [-0.4, -0.2) is 42.1 Å². The van der Waals surface area contributed by atoms with Gasteiger partial charge in [0.05, 0.1) is 23.9 Å². The summed E-state index contributed by atoms with van der Waals surface area (Å²) in [5.41, 5.74) is 0.738. The Balaban J connectivity index is 1.32. The summed E-state index contributed by atoms with van der Waals surface area (Å²) in [5.74, 6) is -1.43. The van der Waals surface area contributed by atoms with Gasteiger partial charge in [-0.1, -0.05) is 6.42 Å². The normalized spacial score (nSPS) is 18.8. The van der Waals surface area contributed by atoms with E-state index < -0.39 is 33.7 Å². The molecule has 2 N–H and O–H groups in total. The minimum absolute atomic E-state index is 0.0339. The lowest BCUT2D eigenvalue weighted by Gasteiger charge is -2.31. The topological polar surface area (TPSA) is 132 Å². The van der Waals surface area contributed by atoms with Crippen molar-refractivity contribution in [2.24, 2.45) is 0 Å².